The maximum absolute atomic E-state index is 13.5. The lowest BCUT2D eigenvalue weighted by molar-refractivity contribution is 0.622. The van der Waals surface area contributed by atoms with Crippen LogP contribution in [0.1, 0.15) is 16.8 Å². The standard InChI is InChI=1S/C15H14FN3O/c1-11-7-15(20)19(10-18-11)9-12-4-5-14(16)13(8-12)3-2-6-17/h4-5,7-8,10H,6,9,17H2,1H3. The Morgan fingerprint density at radius 2 is 2.20 bits per heavy atom. The van der Waals surface area contributed by atoms with Crippen molar-refractivity contribution in [1.82, 2.24) is 9.55 Å². The van der Waals surface area contributed by atoms with Crippen molar-refractivity contribution in [3.63, 3.8) is 0 Å². The van der Waals surface area contributed by atoms with Crippen LogP contribution in [0.5, 0.6) is 0 Å². The van der Waals surface area contributed by atoms with Crippen molar-refractivity contribution in [1.29, 1.82) is 0 Å². The molecule has 0 saturated carbocycles. The SMILES string of the molecule is Cc1cc(=O)n(Cc2ccc(F)c(C#CCN)c2)cn1. The predicted molar refractivity (Wildman–Crippen MR) is 74.7 cm³/mol. The van der Waals surface area contributed by atoms with Gasteiger partial charge in [-0.25, -0.2) is 9.37 Å². The first-order chi connectivity index (χ1) is 9.60. The molecule has 1 aromatic heterocycles. The van der Waals surface area contributed by atoms with E-state index in [9.17, 15) is 9.18 Å². The fourth-order valence-corrected chi connectivity index (χ4v) is 1.74. The van der Waals surface area contributed by atoms with E-state index in [1.165, 1.54) is 23.0 Å². The van der Waals surface area contributed by atoms with Crippen LogP contribution in [-0.2, 0) is 6.54 Å². The van der Waals surface area contributed by atoms with Crippen LogP contribution in [0.4, 0.5) is 4.39 Å². The van der Waals surface area contributed by atoms with Crippen LogP contribution in [0.3, 0.4) is 0 Å². The number of nitrogens with zero attached hydrogens (tertiary/aromatic N) is 2. The van der Waals surface area contributed by atoms with Gasteiger partial charge in [0.25, 0.3) is 5.56 Å². The Hall–Kier alpha value is -2.45. The van der Waals surface area contributed by atoms with E-state index in [-0.39, 0.29) is 17.7 Å². The van der Waals surface area contributed by atoms with Crippen molar-refractivity contribution in [2.75, 3.05) is 6.54 Å². The highest BCUT2D eigenvalue weighted by atomic mass is 19.1. The number of rotatable bonds is 2. The zero-order valence-corrected chi connectivity index (χ0v) is 11.1. The Bertz CT molecular complexity index is 741. The molecule has 102 valence electrons. The summed E-state index contributed by atoms with van der Waals surface area (Å²) >= 11 is 0. The minimum absolute atomic E-state index is 0.142. The zero-order valence-electron chi connectivity index (χ0n) is 11.1. The van der Waals surface area contributed by atoms with E-state index in [2.05, 4.69) is 16.8 Å². The fraction of sp³-hybridized carbons (Fsp3) is 0.200. The highest BCUT2D eigenvalue weighted by Gasteiger charge is 2.03. The third-order valence-electron chi connectivity index (χ3n) is 2.73. The van der Waals surface area contributed by atoms with Crippen molar-refractivity contribution in [3.8, 4) is 11.8 Å². The number of aryl methyl sites for hydroxylation is 1. The quantitative estimate of drug-likeness (QED) is 0.830. The Labute approximate surface area is 116 Å². The van der Waals surface area contributed by atoms with E-state index < -0.39 is 5.82 Å². The van der Waals surface area contributed by atoms with Crippen LogP contribution in [0.2, 0.25) is 0 Å². The minimum atomic E-state index is -0.399. The van der Waals surface area contributed by atoms with Gasteiger partial charge in [0.1, 0.15) is 5.82 Å². The molecule has 0 spiro atoms. The molecule has 0 bridgehead atoms. The Kier molecular flexibility index (Phi) is 4.28. The molecule has 2 rings (SSSR count). The smallest absolute Gasteiger partial charge is 0.253 e. The molecule has 0 atom stereocenters. The minimum Gasteiger partial charge on any atom is -0.320 e. The first-order valence-electron chi connectivity index (χ1n) is 6.10. The van der Waals surface area contributed by atoms with Crippen molar-refractivity contribution < 1.29 is 4.39 Å². The average molecular weight is 271 g/mol. The van der Waals surface area contributed by atoms with Crippen LogP contribution in [0.15, 0.2) is 35.4 Å². The summed E-state index contributed by atoms with van der Waals surface area (Å²) in [7, 11) is 0. The van der Waals surface area contributed by atoms with Crippen molar-refractivity contribution in [2.45, 2.75) is 13.5 Å². The second-order valence-corrected chi connectivity index (χ2v) is 4.32. The van der Waals surface area contributed by atoms with Gasteiger partial charge in [-0.05, 0) is 24.6 Å². The molecular weight excluding hydrogens is 257 g/mol. The summed E-state index contributed by atoms with van der Waals surface area (Å²) in [5.41, 5.74) is 6.85. The number of benzene rings is 1. The Morgan fingerprint density at radius 1 is 1.40 bits per heavy atom. The molecule has 1 heterocycles. The van der Waals surface area contributed by atoms with Crippen LogP contribution < -0.4 is 11.3 Å². The molecule has 1 aromatic carbocycles. The second-order valence-electron chi connectivity index (χ2n) is 4.32. The van der Waals surface area contributed by atoms with Gasteiger partial charge in [-0.3, -0.25) is 9.36 Å². The molecule has 0 saturated heterocycles. The summed E-state index contributed by atoms with van der Waals surface area (Å²) in [5, 5.41) is 0. The molecule has 4 nitrogen and oxygen atoms in total. The third kappa shape index (κ3) is 3.31. The molecule has 5 heteroatoms. The molecule has 0 amide bonds. The second kappa shape index (κ2) is 6.13. The van der Waals surface area contributed by atoms with Gasteiger partial charge < -0.3 is 5.73 Å². The highest BCUT2D eigenvalue weighted by Crippen LogP contribution is 2.10. The first kappa shape index (κ1) is 14.0. The van der Waals surface area contributed by atoms with Gasteiger partial charge in [0, 0.05) is 11.8 Å². The molecule has 0 unspecified atom stereocenters. The van der Waals surface area contributed by atoms with Gasteiger partial charge in [-0.2, -0.15) is 0 Å². The van der Waals surface area contributed by atoms with E-state index in [4.69, 9.17) is 5.73 Å². The average Bonchev–Trinajstić information content (AvgIpc) is 2.42. The summed E-state index contributed by atoms with van der Waals surface area (Å²) in [6.45, 7) is 2.25. The van der Waals surface area contributed by atoms with Gasteiger partial charge in [-0.1, -0.05) is 17.9 Å². The lowest BCUT2D eigenvalue weighted by Gasteiger charge is -2.06. The largest absolute Gasteiger partial charge is 0.320 e. The first-order valence-corrected chi connectivity index (χ1v) is 6.10. The molecule has 2 aromatic rings. The lowest BCUT2D eigenvalue weighted by atomic mass is 10.1. The molecular formula is C15H14FN3O. The summed E-state index contributed by atoms with van der Waals surface area (Å²) in [5.74, 6) is 4.88. The van der Waals surface area contributed by atoms with Gasteiger partial charge in [0.05, 0.1) is 25.0 Å². The highest BCUT2D eigenvalue weighted by molar-refractivity contribution is 5.38. The number of halogens is 1. The van der Waals surface area contributed by atoms with Crippen molar-refractivity contribution >= 4 is 0 Å². The van der Waals surface area contributed by atoms with Gasteiger partial charge >= 0.3 is 0 Å². The van der Waals surface area contributed by atoms with Gasteiger partial charge in [0.15, 0.2) is 0 Å². The van der Waals surface area contributed by atoms with Crippen molar-refractivity contribution in [2.24, 2.45) is 5.73 Å². The summed E-state index contributed by atoms with van der Waals surface area (Å²) in [6.07, 6.45) is 1.48. The molecule has 0 radical (unpaired) electrons. The van der Waals surface area contributed by atoms with Gasteiger partial charge in [0.2, 0.25) is 0 Å². The summed E-state index contributed by atoms with van der Waals surface area (Å²) in [4.78, 5) is 15.8. The third-order valence-corrected chi connectivity index (χ3v) is 2.73. The number of hydrogen-bond acceptors (Lipinski definition) is 3. The Balaban J connectivity index is 2.32. The molecule has 0 aliphatic rings. The maximum Gasteiger partial charge on any atom is 0.253 e. The fourth-order valence-electron chi connectivity index (χ4n) is 1.74. The summed E-state index contributed by atoms with van der Waals surface area (Å²) < 4.78 is 15.0. The number of hydrogen-bond donors (Lipinski definition) is 1. The van der Waals surface area contributed by atoms with E-state index in [0.29, 0.717) is 12.2 Å². The predicted octanol–water partition coefficient (Wildman–Crippen LogP) is 1.05. The van der Waals surface area contributed by atoms with Crippen molar-refractivity contribution in [3.05, 3.63) is 63.6 Å². The zero-order chi connectivity index (χ0) is 14.5. The molecule has 20 heavy (non-hydrogen) atoms. The number of aromatic nitrogens is 2. The van der Waals surface area contributed by atoms with Crippen LogP contribution in [0, 0.1) is 24.6 Å². The normalized spacial score (nSPS) is 9.95. The van der Waals surface area contributed by atoms with Crippen LogP contribution >= 0.6 is 0 Å². The Morgan fingerprint density at radius 3 is 2.90 bits per heavy atom. The molecule has 0 aliphatic heterocycles. The molecule has 0 fully saturated rings. The molecule has 0 aliphatic carbocycles. The topological polar surface area (TPSA) is 60.9 Å². The maximum atomic E-state index is 13.5. The summed E-state index contributed by atoms with van der Waals surface area (Å²) in [6, 6.07) is 6.03. The van der Waals surface area contributed by atoms with Gasteiger partial charge in [-0.15, -0.1) is 0 Å². The van der Waals surface area contributed by atoms with E-state index in [1.54, 1.807) is 19.1 Å². The van der Waals surface area contributed by atoms with Crippen LogP contribution in [0.25, 0.3) is 0 Å². The molecule has 2 N–H and O–H groups in total. The van der Waals surface area contributed by atoms with E-state index in [1.807, 2.05) is 0 Å². The van der Waals surface area contributed by atoms with Crippen LogP contribution in [-0.4, -0.2) is 16.1 Å². The lowest BCUT2D eigenvalue weighted by Crippen LogP contribution is -2.20. The number of nitrogens with two attached hydrogens (primary N) is 1. The van der Waals surface area contributed by atoms with E-state index in [0.717, 1.165) is 5.56 Å². The van der Waals surface area contributed by atoms with E-state index >= 15 is 0 Å². The monoisotopic (exact) mass is 271 g/mol.